The van der Waals surface area contributed by atoms with Crippen LogP contribution in [0.5, 0.6) is 0 Å². The summed E-state index contributed by atoms with van der Waals surface area (Å²) in [6.45, 7) is 6.60. The molecule has 0 aliphatic carbocycles. The maximum atomic E-state index is 2.69. The van der Waals surface area contributed by atoms with E-state index in [0.29, 0.717) is 0 Å². The molecule has 0 fully saturated rings. The summed E-state index contributed by atoms with van der Waals surface area (Å²) in [6.07, 6.45) is 3.33. The monoisotopic (exact) mass is 130 g/mol. The molecule has 1 atom stereocenters. The molecule has 0 amide bonds. The standard InChI is InChI=1S/C7H15P/c1-6(2)7(3)4-5-8/h4,6H,5,8H2,1-3H3/b7-4+. The highest BCUT2D eigenvalue weighted by molar-refractivity contribution is 7.16. The van der Waals surface area contributed by atoms with Gasteiger partial charge < -0.3 is 0 Å². The van der Waals surface area contributed by atoms with Crippen molar-refractivity contribution in [2.45, 2.75) is 20.8 Å². The normalized spacial score (nSPS) is 12.9. The van der Waals surface area contributed by atoms with Gasteiger partial charge in [-0.1, -0.05) is 25.5 Å². The topological polar surface area (TPSA) is 0 Å². The van der Waals surface area contributed by atoms with E-state index in [1.165, 1.54) is 5.57 Å². The largest absolute Gasteiger partial charge is 0.134 e. The predicted octanol–water partition coefficient (Wildman–Crippen LogP) is 2.46. The van der Waals surface area contributed by atoms with Crippen LogP contribution in [0.15, 0.2) is 11.6 Å². The molecule has 8 heavy (non-hydrogen) atoms. The van der Waals surface area contributed by atoms with E-state index < -0.39 is 0 Å². The van der Waals surface area contributed by atoms with Gasteiger partial charge in [-0.2, -0.15) is 0 Å². The molecule has 1 heteroatoms. The lowest BCUT2D eigenvalue weighted by atomic mass is 10.1. The van der Waals surface area contributed by atoms with Crippen molar-refractivity contribution in [3.8, 4) is 0 Å². The molecule has 0 aliphatic heterocycles. The van der Waals surface area contributed by atoms with Crippen LogP contribution in [0.1, 0.15) is 20.8 Å². The zero-order valence-electron chi connectivity index (χ0n) is 5.94. The van der Waals surface area contributed by atoms with E-state index in [4.69, 9.17) is 0 Å². The SMILES string of the molecule is C/C(=C\CP)C(C)C. The highest BCUT2D eigenvalue weighted by Crippen LogP contribution is 2.07. The molecule has 0 aromatic carbocycles. The Morgan fingerprint density at radius 1 is 1.62 bits per heavy atom. The third-order valence-electron chi connectivity index (χ3n) is 1.35. The van der Waals surface area contributed by atoms with Gasteiger partial charge in [-0.3, -0.25) is 0 Å². The summed E-state index contributed by atoms with van der Waals surface area (Å²) >= 11 is 0. The van der Waals surface area contributed by atoms with E-state index in [1.54, 1.807) is 0 Å². The molecule has 0 aromatic heterocycles. The smallest absolute Gasteiger partial charge is 0.0197 e. The first-order chi connectivity index (χ1) is 3.68. The van der Waals surface area contributed by atoms with E-state index in [0.717, 1.165) is 12.1 Å². The molecule has 48 valence electrons. The lowest BCUT2D eigenvalue weighted by Crippen LogP contribution is -1.87. The van der Waals surface area contributed by atoms with Crippen molar-refractivity contribution in [3.63, 3.8) is 0 Å². The summed E-state index contributed by atoms with van der Waals surface area (Å²) < 4.78 is 0. The van der Waals surface area contributed by atoms with Crippen molar-refractivity contribution < 1.29 is 0 Å². The van der Waals surface area contributed by atoms with Gasteiger partial charge in [0.05, 0.1) is 0 Å². The van der Waals surface area contributed by atoms with E-state index in [-0.39, 0.29) is 0 Å². The Morgan fingerprint density at radius 2 is 2.12 bits per heavy atom. The summed E-state index contributed by atoms with van der Waals surface area (Å²) in [5.41, 5.74) is 1.49. The van der Waals surface area contributed by atoms with Crippen molar-refractivity contribution in [1.29, 1.82) is 0 Å². The van der Waals surface area contributed by atoms with Crippen LogP contribution in [0.2, 0.25) is 0 Å². The molecule has 0 saturated heterocycles. The van der Waals surface area contributed by atoms with Crippen LogP contribution in [0, 0.1) is 5.92 Å². The summed E-state index contributed by atoms with van der Waals surface area (Å²) in [5.74, 6) is 0.718. The minimum absolute atomic E-state index is 0.718. The van der Waals surface area contributed by atoms with Gasteiger partial charge in [-0.05, 0) is 19.0 Å². The molecule has 0 bridgehead atoms. The van der Waals surface area contributed by atoms with E-state index in [1.807, 2.05) is 0 Å². The zero-order chi connectivity index (χ0) is 6.57. The second-order valence-corrected chi connectivity index (χ2v) is 2.81. The number of rotatable bonds is 2. The van der Waals surface area contributed by atoms with Gasteiger partial charge in [-0.15, -0.1) is 9.24 Å². The third-order valence-corrected chi connectivity index (χ3v) is 1.59. The number of allylic oxidation sites excluding steroid dienone is 2. The Hall–Kier alpha value is 0.170. The summed E-state index contributed by atoms with van der Waals surface area (Å²) in [7, 11) is 2.69. The molecule has 0 rings (SSSR count). The highest BCUT2D eigenvalue weighted by Gasteiger charge is 1.91. The highest BCUT2D eigenvalue weighted by atomic mass is 31.0. The summed E-state index contributed by atoms with van der Waals surface area (Å²) in [6, 6.07) is 0. The lowest BCUT2D eigenvalue weighted by Gasteiger charge is -2.01. The molecule has 1 unspecified atom stereocenters. The van der Waals surface area contributed by atoms with Crippen molar-refractivity contribution in [2.75, 3.05) is 6.16 Å². The first-order valence-electron chi connectivity index (χ1n) is 3.05. The van der Waals surface area contributed by atoms with Crippen molar-refractivity contribution in [1.82, 2.24) is 0 Å². The average Bonchev–Trinajstić information content (AvgIpc) is 1.67. The zero-order valence-corrected chi connectivity index (χ0v) is 7.09. The number of hydrogen-bond acceptors (Lipinski definition) is 0. The molecule has 0 radical (unpaired) electrons. The third kappa shape index (κ3) is 3.21. The summed E-state index contributed by atoms with van der Waals surface area (Å²) in [4.78, 5) is 0. The van der Waals surface area contributed by atoms with Crippen LogP contribution in [-0.2, 0) is 0 Å². The molecular weight excluding hydrogens is 115 g/mol. The fourth-order valence-corrected chi connectivity index (χ4v) is 0.793. The molecule has 0 saturated carbocycles. The predicted molar refractivity (Wildman–Crippen MR) is 43.2 cm³/mol. The molecule has 0 aliphatic rings. The van der Waals surface area contributed by atoms with Crippen LogP contribution < -0.4 is 0 Å². The van der Waals surface area contributed by atoms with Crippen LogP contribution in [0.4, 0.5) is 0 Å². The first-order valence-corrected chi connectivity index (χ1v) is 3.87. The molecule has 0 N–H and O–H groups in total. The second-order valence-electron chi connectivity index (χ2n) is 2.34. The number of hydrogen-bond donors (Lipinski definition) is 0. The van der Waals surface area contributed by atoms with Crippen molar-refractivity contribution >= 4 is 9.24 Å². The molecule has 0 nitrogen and oxygen atoms in total. The van der Waals surface area contributed by atoms with Gasteiger partial charge >= 0.3 is 0 Å². The second kappa shape index (κ2) is 4.09. The van der Waals surface area contributed by atoms with Crippen LogP contribution in [0.3, 0.4) is 0 Å². The Labute approximate surface area is 54.6 Å². The molecular formula is C7H15P. The van der Waals surface area contributed by atoms with Crippen molar-refractivity contribution in [2.24, 2.45) is 5.92 Å². The summed E-state index contributed by atoms with van der Waals surface area (Å²) in [5, 5.41) is 0. The van der Waals surface area contributed by atoms with Crippen LogP contribution in [0.25, 0.3) is 0 Å². The lowest BCUT2D eigenvalue weighted by molar-refractivity contribution is 0.767. The Kier molecular flexibility index (Phi) is 4.18. The van der Waals surface area contributed by atoms with E-state index >= 15 is 0 Å². The molecule has 0 spiro atoms. The minimum atomic E-state index is 0.718. The maximum Gasteiger partial charge on any atom is -0.0197 e. The Balaban J connectivity index is 3.61. The van der Waals surface area contributed by atoms with Gasteiger partial charge in [0.2, 0.25) is 0 Å². The van der Waals surface area contributed by atoms with Crippen LogP contribution in [-0.4, -0.2) is 6.16 Å². The average molecular weight is 130 g/mol. The van der Waals surface area contributed by atoms with Crippen LogP contribution >= 0.6 is 9.24 Å². The van der Waals surface area contributed by atoms with Gasteiger partial charge in [0.1, 0.15) is 0 Å². The van der Waals surface area contributed by atoms with E-state index in [2.05, 4.69) is 36.1 Å². The maximum absolute atomic E-state index is 2.69. The van der Waals surface area contributed by atoms with E-state index in [9.17, 15) is 0 Å². The Morgan fingerprint density at radius 3 is 2.25 bits per heavy atom. The fourth-order valence-electron chi connectivity index (χ4n) is 0.422. The quantitative estimate of drug-likeness (QED) is 0.398. The molecule has 0 heterocycles. The van der Waals surface area contributed by atoms with Gasteiger partial charge in [0.15, 0.2) is 0 Å². The van der Waals surface area contributed by atoms with Gasteiger partial charge in [0.25, 0.3) is 0 Å². The van der Waals surface area contributed by atoms with Gasteiger partial charge in [-0.25, -0.2) is 0 Å². The minimum Gasteiger partial charge on any atom is -0.134 e. The first kappa shape index (κ1) is 8.17. The van der Waals surface area contributed by atoms with Crippen molar-refractivity contribution in [3.05, 3.63) is 11.6 Å². The Bertz CT molecular complexity index is 82.4. The van der Waals surface area contributed by atoms with Gasteiger partial charge in [0, 0.05) is 0 Å². The fraction of sp³-hybridized carbons (Fsp3) is 0.714. The molecule has 0 aromatic rings.